The van der Waals surface area contributed by atoms with Crippen molar-refractivity contribution in [1.29, 1.82) is 0 Å². The SMILES string of the molecule is COc1cc(N(c2nc(C)c(Cc3cccc(C(F)(F)F)c3)s2)N(c2ccc(-n3cnc(C)c3)c(OC)c2)c2nc(C)c(Cc3ccc(Cl)c(C(F)(F)F)c3)s2)ccc1-n1cnc(C)c1. The lowest BCUT2D eigenvalue weighted by atomic mass is 10.1. The molecule has 0 aliphatic heterocycles. The molecule has 65 heavy (non-hydrogen) atoms. The molecule has 8 aromatic rings. The van der Waals surface area contributed by atoms with E-state index in [-0.39, 0.29) is 12.8 Å². The van der Waals surface area contributed by atoms with Gasteiger partial charge in [0.1, 0.15) is 11.5 Å². The molecule has 4 aromatic heterocycles. The van der Waals surface area contributed by atoms with Gasteiger partial charge in [0.25, 0.3) is 0 Å². The van der Waals surface area contributed by atoms with Crippen LogP contribution in [0.5, 0.6) is 11.5 Å². The Morgan fingerprint density at radius 1 is 0.615 bits per heavy atom. The van der Waals surface area contributed by atoms with Crippen molar-refractivity contribution >= 4 is 55.9 Å². The van der Waals surface area contributed by atoms with Crippen LogP contribution in [0.15, 0.2) is 104 Å². The molecule has 0 unspecified atom stereocenters. The number of hydrazine groups is 1. The van der Waals surface area contributed by atoms with E-state index < -0.39 is 28.5 Å². The Morgan fingerprint density at radius 2 is 1.11 bits per heavy atom. The fourth-order valence-electron chi connectivity index (χ4n) is 7.21. The first-order chi connectivity index (χ1) is 30.9. The van der Waals surface area contributed by atoms with Gasteiger partial charge in [-0.1, -0.05) is 58.5 Å². The molecule has 4 aromatic carbocycles. The van der Waals surface area contributed by atoms with Gasteiger partial charge < -0.3 is 18.6 Å². The van der Waals surface area contributed by atoms with Crippen LogP contribution in [0.4, 0.5) is 48.0 Å². The number of aromatic nitrogens is 6. The van der Waals surface area contributed by atoms with Crippen molar-refractivity contribution < 1.29 is 35.8 Å². The molecule has 0 spiro atoms. The van der Waals surface area contributed by atoms with Gasteiger partial charge >= 0.3 is 12.4 Å². The molecule has 0 radical (unpaired) electrons. The molecule has 0 atom stereocenters. The highest BCUT2D eigenvalue weighted by atomic mass is 35.5. The van der Waals surface area contributed by atoms with E-state index in [1.807, 2.05) is 81.8 Å². The van der Waals surface area contributed by atoms with Crippen LogP contribution in [0.3, 0.4) is 0 Å². The predicted molar refractivity (Wildman–Crippen MR) is 241 cm³/mol. The quantitative estimate of drug-likeness (QED) is 0.0834. The lowest BCUT2D eigenvalue weighted by molar-refractivity contribution is -0.138. The smallest absolute Gasteiger partial charge is 0.417 e. The molecule has 0 N–H and O–H groups in total. The maximum atomic E-state index is 14.0. The number of halogens is 7. The summed E-state index contributed by atoms with van der Waals surface area (Å²) in [6.07, 6.45) is -1.82. The number of alkyl halides is 6. The van der Waals surface area contributed by atoms with Crippen molar-refractivity contribution in [3.8, 4) is 22.9 Å². The van der Waals surface area contributed by atoms with E-state index in [0.29, 0.717) is 76.8 Å². The molecule has 19 heteroatoms. The van der Waals surface area contributed by atoms with Gasteiger partial charge in [0.2, 0.25) is 10.3 Å². The van der Waals surface area contributed by atoms with Gasteiger partial charge in [-0.05, 0) is 81.3 Å². The molecule has 0 aliphatic rings. The molecule has 336 valence electrons. The third-order valence-electron chi connectivity index (χ3n) is 10.4. The van der Waals surface area contributed by atoms with E-state index in [9.17, 15) is 26.3 Å². The number of nitrogens with zero attached hydrogens (tertiary/aromatic N) is 8. The lowest BCUT2D eigenvalue weighted by Crippen LogP contribution is -2.36. The van der Waals surface area contributed by atoms with Crippen molar-refractivity contribution in [2.75, 3.05) is 24.2 Å². The Hall–Kier alpha value is -6.37. The number of thiazole rings is 2. The first-order valence-electron chi connectivity index (χ1n) is 19.8. The monoisotopic (exact) mass is 948 g/mol. The number of benzene rings is 4. The van der Waals surface area contributed by atoms with Gasteiger partial charge in [-0.25, -0.2) is 30.0 Å². The first kappa shape index (κ1) is 45.2. The standard InChI is InChI=1S/C46H39ClF6N8O2S2/c1-26-22-58(24-54-26)37-14-11-33(20-39(37)62-5)60(43-56-28(3)41(64-43)18-30-8-7-9-32(16-30)45(48,49)50)61(34-12-15-38(40(21-34)63-6)59-23-27(2)55-25-59)44-57-29(4)42(65-44)19-31-10-13-36(47)35(17-31)46(51,52)53/h7-17,20-25H,18-19H2,1-6H3. The molecule has 0 aliphatic carbocycles. The summed E-state index contributed by atoms with van der Waals surface area (Å²) in [4.78, 5) is 20.3. The zero-order valence-corrected chi connectivity index (χ0v) is 38.0. The van der Waals surface area contributed by atoms with Gasteiger partial charge in [0.15, 0.2) is 0 Å². The second-order valence-corrected chi connectivity index (χ2v) is 17.6. The number of rotatable bonds is 13. The van der Waals surface area contributed by atoms with Crippen molar-refractivity contribution in [1.82, 2.24) is 29.1 Å². The Kier molecular flexibility index (Phi) is 12.4. The van der Waals surface area contributed by atoms with E-state index in [2.05, 4.69) is 9.97 Å². The molecule has 0 bridgehead atoms. The number of methoxy groups -OCH3 is 2. The van der Waals surface area contributed by atoms with E-state index in [1.54, 1.807) is 52.9 Å². The maximum Gasteiger partial charge on any atom is 0.417 e. The van der Waals surface area contributed by atoms with E-state index in [0.717, 1.165) is 29.6 Å². The minimum absolute atomic E-state index is 0.115. The molecule has 0 saturated heterocycles. The average molecular weight is 949 g/mol. The van der Waals surface area contributed by atoms with Crippen molar-refractivity contribution in [2.24, 2.45) is 0 Å². The van der Waals surface area contributed by atoms with Crippen molar-refractivity contribution in [2.45, 2.75) is 52.9 Å². The van der Waals surface area contributed by atoms with Crippen LogP contribution >= 0.6 is 34.3 Å². The molecular weight excluding hydrogens is 910 g/mol. The van der Waals surface area contributed by atoms with Crippen molar-refractivity contribution in [3.05, 3.63) is 164 Å². The number of aryl methyl sites for hydroxylation is 4. The van der Waals surface area contributed by atoms with Gasteiger partial charge in [-0.3, -0.25) is 0 Å². The summed E-state index contributed by atoms with van der Waals surface area (Å²) < 4.78 is 98.9. The Morgan fingerprint density at radius 3 is 1.54 bits per heavy atom. The minimum Gasteiger partial charge on any atom is -0.494 e. The van der Waals surface area contributed by atoms with Crippen molar-refractivity contribution in [3.63, 3.8) is 0 Å². The largest absolute Gasteiger partial charge is 0.494 e. The Balaban J connectivity index is 1.33. The van der Waals surface area contributed by atoms with E-state index >= 15 is 0 Å². The average Bonchev–Trinajstić information content (AvgIpc) is 4.07. The summed E-state index contributed by atoms with van der Waals surface area (Å²) in [7, 11) is 3.10. The molecule has 4 heterocycles. The molecule has 8 rings (SSSR count). The first-order valence-corrected chi connectivity index (χ1v) is 21.8. The highest BCUT2D eigenvalue weighted by molar-refractivity contribution is 7.16. The van der Waals surface area contributed by atoms with Gasteiger partial charge in [-0.2, -0.15) is 26.3 Å². The summed E-state index contributed by atoms with van der Waals surface area (Å²) in [6, 6.07) is 20.2. The third kappa shape index (κ3) is 9.55. The zero-order valence-electron chi connectivity index (χ0n) is 35.6. The summed E-state index contributed by atoms with van der Waals surface area (Å²) in [5.74, 6) is 0.952. The number of anilines is 4. The highest BCUT2D eigenvalue weighted by Crippen LogP contribution is 2.45. The highest BCUT2D eigenvalue weighted by Gasteiger charge is 2.35. The maximum absolute atomic E-state index is 14.0. The zero-order chi connectivity index (χ0) is 46.4. The fourth-order valence-corrected chi connectivity index (χ4v) is 9.66. The van der Waals surface area contributed by atoms with Crippen LogP contribution in [0.1, 0.15) is 54.8 Å². The molecule has 0 amide bonds. The van der Waals surface area contributed by atoms with E-state index in [4.69, 9.17) is 31.0 Å². The summed E-state index contributed by atoms with van der Waals surface area (Å²) in [6.45, 7) is 7.33. The molecule has 0 saturated carbocycles. The minimum atomic E-state index is -4.65. The van der Waals surface area contributed by atoms with Gasteiger partial charge in [0.05, 0.1) is 88.5 Å². The second-order valence-electron chi connectivity index (χ2n) is 15.1. The Labute approximate surface area is 382 Å². The van der Waals surface area contributed by atoms with Crippen LogP contribution in [-0.2, 0) is 25.2 Å². The van der Waals surface area contributed by atoms with Crippen LogP contribution in [0, 0.1) is 27.7 Å². The van der Waals surface area contributed by atoms with Gasteiger partial charge in [0, 0.05) is 47.1 Å². The van der Waals surface area contributed by atoms with Gasteiger partial charge in [-0.15, -0.1) is 0 Å². The number of hydrogen-bond acceptors (Lipinski definition) is 10. The van der Waals surface area contributed by atoms with Crippen LogP contribution in [0.25, 0.3) is 11.4 Å². The van der Waals surface area contributed by atoms with E-state index in [1.165, 1.54) is 34.8 Å². The summed E-state index contributed by atoms with van der Waals surface area (Å²) in [5.41, 5.74) is 4.38. The van der Waals surface area contributed by atoms with Crippen LogP contribution in [0.2, 0.25) is 5.02 Å². The number of ether oxygens (including phenoxy) is 2. The molecular formula is C46H39ClF6N8O2S2. The van der Waals surface area contributed by atoms with Crippen LogP contribution in [-0.4, -0.2) is 43.3 Å². The topological polar surface area (TPSA) is 86.4 Å². The predicted octanol–water partition coefficient (Wildman–Crippen LogP) is 13.0. The lowest BCUT2D eigenvalue weighted by Gasteiger charge is -2.35. The number of imidazole rings is 2. The molecule has 10 nitrogen and oxygen atoms in total. The van der Waals surface area contributed by atoms with Crippen LogP contribution < -0.4 is 19.5 Å². The fraction of sp³-hybridized carbons (Fsp3) is 0.217. The summed E-state index contributed by atoms with van der Waals surface area (Å²) in [5, 5.41) is 4.10. The number of hydrogen-bond donors (Lipinski definition) is 0. The second kappa shape index (κ2) is 17.9. The summed E-state index contributed by atoms with van der Waals surface area (Å²) >= 11 is 8.54. The third-order valence-corrected chi connectivity index (χ3v) is 13.0. The molecule has 0 fully saturated rings. The normalized spacial score (nSPS) is 11.9. The Bertz CT molecular complexity index is 3010.